The van der Waals surface area contributed by atoms with Crippen molar-refractivity contribution in [3.63, 3.8) is 0 Å². The molecule has 1 N–H and O–H groups in total. The minimum Gasteiger partial charge on any atom is -0.507 e. The van der Waals surface area contributed by atoms with Crippen LogP contribution in [0.2, 0.25) is 0 Å². The average molecular weight is 216 g/mol. The molecular formula is C15H20O. The number of hydrogen-bond donors (Lipinski definition) is 1. The van der Waals surface area contributed by atoms with Gasteiger partial charge in [-0.3, -0.25) is 0 Å². The summed E-state index contributed by atoms with van der Waals surface area (Å²) in [5.74, 6) is 3.17. The number of aromatic hydroxyl groups is 1. The van der Waals surface area contributed by atoms with Crippen molar-refractivity contribution in [3.8, 4) is 5.75 Å². The summed E-state index contributed by atoms with van der Waals surface area (Å²) >= 11 is 0. The Morgan fingerprint density at radius 2 is 1.75 bits per heavy atom. The van der Waals surface area contributed by atoms with E-state index in [-0.39, 0.29) is 0 Å². The van der Waals surface area contributed by atoms with Crippen molar-refractivity contribution >= 4 is 0 Å². The van der Waals surface area contributed by atoms with Gasteiger partial charge in [-0.15, -0.1) is 0 Å². The Balaban J connectivity index is 1.95. The number of aryl methyl sites for hydroxylation is 2. The summed E-state index contributed by atoms with van der Waals surface area (Å²) in [6.45, 7) is 4.03. The van der Waals surface area contributed by atoms with E-state index in [1.54, 1.807) is 0 Å². The molecule has 1 nitrogen and oxygen atoms in total. The van der Waals surface area contributed by atoms with Gasteiger partial charge in [0.2, 0.25) is 0 Å². The zero-order chi connectivity index (χ0) is 11.3. The second-order valence-corrected chi connectivity index (χ2v) is 5.78. The fraction of sp³-hybridized carbons (Fsp3) is 0.600. The first-order valence-electron chi connectivity index (χ1n) is 6.45. The lowest BCUT2D eigenvalue weighted by Crippen LogP contribution is -2.08. The molecule has 86 valence electrons. The van der Waals surface area contributed by atoms with Crippen LogP contribution < -0.4 is 0 Å². The Bertz CT molecular complexity index is 398. The molecule has 0 heterocycles. The van der Waals surface area contributed by atoms with Gasteiger partial charge in [0, 0.05) is 0 Å². The number of fused-ring (bicyclic) bond motifs is 2. The van der Waals surface area contributed by atoms with Crippen molar-refractivity contribution in [1.82, 2.24) is 0 Å². The van der Waals surface area contributed by atoms with E-state index in [0.717, 1.165) is 28.9 Å². The Labute approximate surface area is 97.5 Å². The van der Waals surface area contributed by atoms with Crippen molar-refractivity contribution in [1.29, 1.82) is 0 Å². The fourth-order valence-corrected chi connectivity index (χ4v) is 3.86. The molecule has 16 heavy (non-hydrogen) atoms. The molecule has 0 aliphatic heterocycles. The summed E-state index contributed by atoms with van der Waals surface area (Å²) < 4.78 is 0. The van der Waals surface area contributed by atoms with Crippen molar-refractivity contribution in [2.24, 2.45) is 11.8 Å². The molecule has 2 fully saturated rings. The van der Waals surface area contributed by atoms with E-state index in [4.69, 9.17) is 0 Å². The first-order chi connectivity index (χ1) is 7.65. The van der Waals surface area contributed by atoms with E-state index in [9.17, 15) is 5.11 Å². The molecule has 1 heteroatoms. The lowest BCUT2D eigenvalue weighted by molar-refractivity contribution is 0.418. The minimum atomic E-state index is 0.479. The SMILES string of the molecule is Cc1cc([C@H]2C[C@H]3CC[C@@H]2C3)cc(C)c1O. The van der Waals surface area contributed by atoms with Crippen LogP contribution in [0.4, 0.5) is 0 Å². The van der Waals surface area contributed by atoms with Crippen LogP contribution >= 0.6 is 0 Å². The van der Waals surface area contributed by atoms with Crippen LogP contribution in [0.5, 0.6) is 5.75 Å². The van der Waals surface area contributed by atoms with E-state index in [2.05, 4.69) is 12.1 Å². The first kappa shape index (κ1) is 10.2. The first-order valence-corrected chi connectivity index (χ1v) is 6.45. The van der Waals surface area contributed by atoms with Crippen LogP contribution in [0.3, 0.4) is 0 Å². The molecule has 1 aromatic carbocycles. The summed E-state index contributed by atoms with van der Waals surface area (Å²) in [6, 6.07) is 4.40. The van der Waals surface area contributed by atoms with Gasteiger partial charge in [-0.05, 0) is 67.6 Å². The maximum Gasteiger partial charge on any atom is 0.121 e. The van der Waals surface area contributed by atoms with Gasteiger partial charge in [0.15, 0.2) is 0 Å². The molecule has 2 saturated carbocycles. The summed E-state index contributed by atoms with van der Waals surface area (Å²) in [4.78, 5) is 0. The highest BCUT2D eigenvalue weighted by Gasteiger charge is 2.40. The van der Waals surface area contributed by atoms with E-state index >= 15 is 0 Å². The van der Waals surface area contributed by atoms with Gasteiger partial charge in [0.05, 0.1) is 0 Å². The minimum absolute atomic E-state index is 0.479. The molecule has 3 atom stereocenters. The van der Waals surface area contributed by atoms with E-state index in [1.165, 1.54) is 31.2 Å². The molecule has 3 rings (SSSR count). The zero-order valence-electron chi connectivity index (χ0n) is 10.2. The highest BCUT2D eigenvalue weighted by Crippen LogP contribution is 2.53. The Morgan fingerprint density at radius 3 is 2.25 bits per heavy atom. The number of hydrogen-bond acceptors (Lipinski definition) is 1. The van der Waals surface area contributed by atoms with E-state index in [1.807, 2.05) is 13.8 Å². The third kappa shape index (κ3) is 1.45. The molecule has 2 aliphatic carbocycles. The maximum absolute atomic E-state index is 9.81. The highest BCUT2D eigenvalue weighted by molar-refractivity contribution is 5.43. The third-order valence-corrected chi connectivity index (χ3v) is 4.68. The number of rotatable bonds is 1. The predicted octanol–water partition coefficient (Wildman–Crippen LogP) is 3.91. The molecule has 0 radical (unpaired) electrons. The Morgan fingerprint density at radius 1 is 1.06 bits per heavy atom. The summed E-state index contributed by atoms with van der Waals surface area (Å²) in [5.41, 5.74) is 3.55. The monoisotopic (exact) mass is 216 g/mol. The average Bonchev–Trinajstić information content (AvgIpc) is 2.86. The van der Waals surface area contributed by atoms with Crippen molar-refractivity contribution < 1.29 is 5.11 Å². The van der Waals surface area contributed by atoms with Gasteiger partial charge in [-0.25, -0.2) is 0 Å². The largest absolute Gasteiger partial charge is 0.507 e. The van der Waals surface area contributed by atoms with Gasteiger partial charge in [0.1, 0.15) is 5.75 Å². The second-order valence-electron chi connectivity index (χ2n) is 5.78. The van der Waals surface area contributed by atoms with Crippen LogP contribution in [0.1, 0.15) is 48.3 Å². The van der Waals surface area contributed by atoms with Crippen LogP contribution in [-0.4, -0.2) is 5.11 Å². The molecule has 0 spiro atoms. The van der Waals surface area contributed by atoms with Gasteiger partial charge in [-0.2, -0.15) is 0 Å². The predicted molar refractivity (Wildman–Crippen MR) is 65.8 cm³/mol. The lowest BCUT2D eigenvalue weighted by atomic mass is 9.82. The molecular weight excluding hydrogens is 196 g/mol. The molecule has 0 amide bonds. The molecule has 2 bridgehead atoms. The second kappa shape index (κ2) is 3.51. The number of phenols is 1. The zero-order valence-corrected chi connectivity index (χ0v) is 10.2. The fourth-order valence-electron chi connectivity index (χ4n) is 3.86. The van der Waals surface area contributed by atoms with Crippen LogP contribution in [-0.2, 0) is 0 Å². The van der Waals surface area contributed by atoms with Crippen molar-refractivity contribution in [2.45, 2.75) is 45.4 Å². The molecule has 1 aromatic rings. The normalized spacial score (nSPS) is 32.2. The quantitative estimate of drug-likeness (QED) is 0.754. The van der Waals surface area contributed by atoms with Crippen LogP contribution in [0.15, 0.2) is 12.1 Å². The van der Waals surface area contributed by atoms with Crippen molar-refractivity contribution in [3.05, 3.63) is 28.8 Å². The van der Waals surface area contributed by atoms with E-state index < -0.39 is 0 Å². The number of benzene rings is 1. The van der Waals surface area contributed by atoms with Crippen LogP contribution in [0, 0.1) is 25.7 Å². The third-order valence-electron chi connectivity index (χ3n) is 4.68. The molecule has 0 aromatic heterocycles. The topological polar surface area (TPSA) is 20.2 Å². The Kier molecular flexibility index (Phi) is 2.24. The van der Waals surface area contributed by atoms with Gasteiger partial charge >= 0.3 is 0 Å². The van der Waals surface area contributed by atoms with Gasteiger partial charge in [-0.1, -0.05) is 18.6 Å². The lowest BCUT2D eigenvalue weighted by Gasteiger charge is -2.23. The summed E-state index contributed by atoms with van der Waals surface area (Å²) in [7, 11) is 0. The molecule has 0 unspecified atom stereocenters. The highest BCUT2D eigenvalue weighted by atomic mass is 16.3. The molecule has 2 aliphatic rings. The summed E-state index contributed by atoms with van der Waals surface area (Å²) in [5, 5.41) is 9.81. The van der Waals surface area contributed by atoms with E-state index in [0.29, 0.717) is 5.75 Å². The summed E-state index contributed by atoms with van der Waals surface area (Å²) in [6.07, 6.45) is 5.71. The van der Waals surface area contributed by atoms with Crippen LogP contribution in [0.25, 0.3) is 0 Å². The number of phenolic OH excluding ortho intramolecular Hbond substituents is 1. The van der Waals surface area contributed by atoms with Gasteiger partial charge in [0.25, 0.3) is 0 Å². The van der Waals surface area contributed by atoms with Gasteiger partial charge < -0.3 is 5.11 Å². The Hall–Kier alpha value is -0.980. The maximum atomic E-state index is 9.81. The smallest absolute Gasteiger partial charge is 0.121 e. The van der Waals surface area contributed by atoms with Crippen molar-refractivity contribution in [2.75, 3.05) is 0 Å². The molecule has 0 saturated heterocycles. The standard InChI is InChI=1S/C15H20O/c1-9-5-13(6-10(2)15(9)16)14-8-11-3-4-12(14)7-11/h5-6,11-12,14,16H,3-4,7-8H2,1-2H3/t11-,12+,14-/m0/s1.